The van der Waals surface area contributed by atoms with Gasteiger partial charge >= 0.3 is 0 Å². The average Bonchev–Trinajstić information content (AvgIpc) is 2.69. The van der Waals surface area contributed by atoms with Gasteiger partial charge in [0, 0.05) is 30.6 Å². The van der Waals surface area contributed by atoms with E-state index in [4.69, 9.17) is 4.98 Å². The number of nitrogens with zero attached hydrogens (tertiary/aromatic N) is 3. The third-order valence-corrected chi connectivity index (χ3v) is 4.90. The molecule has 2 aromatic heterocycles. The van der Waals surface area contributed by atoms with Crippen molar-refractivity contribution in [3.05, 3.63) is 82.5 Å². The van der Waals surface area contributed by atoms with E-state index in [1.807, 2.05) is 18.2 Å². The first-order valence-electron chi connectivity index (χ1n) is 9.09. The number of hydrogen-bond acceptors (Lipinski definition) is 4. The van der Waals surface area contributed by atoms with E-state index in [-0.39, 0.29) is 11.6 Å². The predicted octanol–water partition coefficient (Wildman–Crippen LogP) is 3.56. The van der Waals surface area contributed by atoms with Crippen molar-refractivity contribution in [2.24, 2.45) is 0 Å². The number of nitrogens with one attached hydrogen (secondary N) is 1. The van der Waals surface area contributed by atoms with Gasteiger partial charge in [0.1, 0.15) is 5.82 Å². The van der Waals surface area contributed by atoms with E-state index in [0.29, 0.717) is 5.82 Å². The standard InChI is InChI=1S/C21H22N4O/c26-20-14-18(23-21(24-20)17-9-11-22-12-10-17)19-8-4-5-13-25(19)15-16-6-2-1-3-7-16/h1-3,6-7,9-12,14,19H,4-5,8,13,15H2,(H,23,24,26)/t19-/m1/s1. The Hall–Kier alpha value is -2.79. The predicted molar refractivity (Wildman–Crippen MR) is 102 cm³/mol. The quantitative estimate of drug-likeness (QED) is 0.785. The van der Waals surface area contributed by atoms with Crippen LogP contribution in [0.3, 0.4) is 0 Å². The van der Waals surface area contributed by atoms with Crippen molar-refractivity contribution in [1.82, 2.24) is 19.9 Å². The zero-order valence-corrected chi connectivity index (χ0v) is 14.6. The third-order valence-electron chi connectivity index (χ3n) is 4.90. The lowest BCUT2D eigenvalue weighted by molar-refractivity contribution is 0.137. The molecular formula is C21H22N4O. The lowest BCUT2D eigenvalue weighted by Gasteiger charge is -2.35. The summed E-state index contributed by atoms with van der Waals surface area (Å²) in [5.74, 6) is 0.611. The molecule has 0 unspecified atom stereocenters. The van der Waals surface area contributed by atoms with Gasteiger partial charge in [-0.2, -0.15) is 0 Å². The third kappa shape index (κ3) is 3.73. The molecule has 0 spiro atoms. The van der Waals surface area contributed by atoms with E-state index in [1.165, 1.54) is 12.0 Å². The van der Waals surface area contributed by atoms with Gasteiger partial charge in [0.25, 0.3) is 5.56 Å². The largest absolute Gasteiger partial charge is 0.307 e. The number of aromatic nitrogens is 3. The van der Waals surface area contributed by atoms with Crippen LogP contribution in [-0.2, 0) is 6.54 Å². The van der Waals surface area contributed by atoms with Crippen molar-refractivity contribution >= 4 is 0 Å². The van der Waals surface area contributed by atoms with Gasteiger partial charge in [0.15, 0.2) is 0 Å². The van der Waals surface area contributed by atoms with Crippen molar-refractivity contribution in [2.75, 3.05) is 6.54 Å². The number of H-pyrrole nitrogens is 1. The van der Waals surface area contributed by atoms with Crippen LogP contribution in [0.1, 0.15) is 36.6 Å². The van der Waals surface area contributed by atoms with E-state index in [2.05, 4.69) is 39.1 Å². The molecule has 1 fully saturated rings. The molecule has 0 radical (unpaired) electrons. The number of piperidine rings is 1. The number of rotatable bonds is 4. The summed E-state index contributed by atoms with van der Waals surface area (Å²) in [6, 6.07) is 16.0. The zero-order valence-electron chi connectivity index (χ0n) is 14.6. The van der Waals surface area contributed by atoms with E-state index in [1.54, 1.807) is 18.5 Å². The van der Waals surface area contributed by atoms with Crippen LogP contribution in [0.2, 0.25) is 0 Å². The lowest BCUT2D eigenvalue weighted by atomic mass is 9.98. The summed E-state index contributed by atoms with van der Waals surface area (Å²) in [4.78, 5) is 26.4. The molecule has 0 bridgehead atoms. The number of pyridine rings is 1. The van der Waals surface area contributed by atoms with Gasteiger partial charge in [-0.15, -0.1) is 0 Å². The number of benzene rings is 1. The van der Waals surface area contributed by atoms with Crippen LogP contribution in [0, 0.1) is 0 Å². The molecule has 1 aliphatic rings. The van der Waals surface area contributed by atoms with Crippen LogP contribution < -0.4 is 5.56 Å². The van der Waals surface area contributed by atoms with E-state index >= 15 is 0 Å². The van der Waals surface area contributed by atoms with Crippen LogP contribution in [0.4, 0.5) is 0 Å². The van der Waals surface area contributed by atoms with Gasteiger partial charge in [-0.1, -0.05) is 36.8 Å². The van der Waals surface area contributed by atoms with Crippen LogP contribution in [0.25, 0.3) is 11.4 Å². The molecule has 1 aliphatic heterocycles. The highest BCUT2D eigenvalue weighted by molar-refractivity contribution is 5.53. The first kappa shape index (κ1) is 16.7. The Bertz CT molecular complexity index is 908. The minimum absolute atomic E-state index is 0.105. The van der Waals surface area contributed by atoms with Gasteiger partial charge in [-0.3, -0.25) is 14.7 Å². The Morgan fingerprint density at radius 2 is 1.88 bits per heavy atom. The van der Waals surface area contributed by atoms with Crippen molar-refractivity contribution in [3.63, 3.8) is 0 Å². The van der Waals surface area contributed by atoms with Crippen LogP contribution in [0.5, 0.6) is 0 Å². The minimum Gasteiger partial charge on any atom is -0.307 e. The van der Waals surface area contributed by atoms with Crippen LogP contribution in [0.15, 0.2) is 65.7 Å². The SMILES string of the molecule is O=c1cc([C@H]2CCCCN2Cc2ccccc2)nc(-c2ccncc2)[nH]1. The highest BCUT2D eigenvalue weighted by Crippen LogP contribution is 2.31. The van der Waals surface area contributed by atoms with Gasteiger partial charge in [-0.25, -0.2) is 4.98 Å². The fourth-order valence-electron chi connectivity index (χ4n) is 3.63. The van der Waals surface area contributed by atoms with Gasteiger partial charge in [0.05, 0.1) is 11.7 Å². The smallest absolute Gasteiger partial charge is 0.251 e. The highest BCUT2D eigenvalue weighted by atomic mass is 16.1. The molecule has 1 aromatic carbocycles. The van der Waals surface area contributed by atoms with E-state index in [9.17, 15) is 4.79 Å². The van der Waals surface area contributed by atoms with Gasteiger partial charge < -0.3 is 4.98 Å². The van der Waals surface area contributed by atoms with Crippen molar-refractivity contribution in [1.29, 1.82) is 0 Å². The first-order valence-corrected chi connectivity index (χ1v) is 9.09. The molecule has 5 nitrogen and oxygen atoms in total. The molecule has 1 atom stereocenters. The summed E-state index contributed by atoms with van der Waals surface area (Å²) < 4.78 is 0. The van der Waals surface area contributed by atoms with Crippen molar-refractivity contribution < 1.29 is 0 Å². The Kier molecular flexibility index (Phi) is 4.88. The topological polar surface area (TPSA) is 61.9 Å². The molecule has 4 rings (SSSR count). The molecule has 3 heterocycles. The van der Waals surface area contributed by atoms with Gasteiger partial charge in [0.2, 0.25) is 0 Å². The maximum atomic E-state index is 12.3. The Morgan fingerprint density at radius 1 is 1.08 bits per heavy atom. The van der Waals surface area contributed by atoms with Crippen LogP contribution in [-0.4, -0.2) is 26.4 Å². The fraction of sp³-hybridized carbons (Fsp3) is 0.286. The average molecular weight is 346 g/mol. The molecule has 132 valence electrons. The minimum atomic E-state index is -0.105. The molecule has 3 aromatic rings. The normalized spacial score (nSPS) is 17.9. The van der Waals surface area contributed by atoms with E-state index in [0.717, 1.165) is 37.2 Å². The van der Waals surface area contributed by atoms with Gasteiger partial charge in [-0.05, 0) is 37.1 Å². The molecule has 26 heavy (non-hydrogen) atoms. The summed E-state index contributed by atoms with van der Waals surface area (Å²) in [5, 5.41) is 0. The molecule has 1 N–H and O–H groups in total. The number of likely N-dealkylation sites (tertiary alicyclic amines) is 1. The Morgan fingerprint density at radius 3 is 2.69 bits per heavy atom. The number of hydrogen-bond donors (Lipinski definition) is 1. The summed E-state index contributed by atoms with van der Waals surface area (Å²) in [6.45, 7) is 1.91. The highest BCUT2D eigenvalue weighted by Gasteiger charge is 2.26. The molecule has 5 heteroatoms. The number of aromatic amines is 1. The molecule has 0 saturated carbocycles. The first-order chi connectivity index (χ1) is 12.8. The molecule has 0 amide bonds. The Balaban J connectivity index is 1.66. The summed E-state index contributed by atoms with van der Waals surface area (Å²) in [7, 11) is 0. The molecular weight excluding hydrogens is 324 g/mol. The maximum Gasteiger partial charge on any atom is 0.251 e. The van der Waals surface area contributed by atoms with Crippen molar-refractivity contribution in [2.45, 2.75) is 31.8 Å². The monoisotopic (exact) mass is 346 g/mol. The summed E-state index contributed by atoms with van der Waals surface area (Å²) in [6.07, 6.45) is 6.80. The molecule has 0 aliphatic carbocycles. The van der Waals surface area contributed by atoms with Crippen molar-refractivity contribution in [3.8, 4) is 11.4 Å². The molecule has 1 saturated heterocycles. The summed E-state index contributed by atoms with van der Waals surface area (Å²) >= 11 is 0. The lowest BCUT2D eigenvalue weighted by Crippen LogP contribution is -2.34. The second kappa shape index (κ2) is 7.62. The zero-order chi connectivity index (χ0) is 17.8. The van der Waals surface area contributed by atoms with E-state index < -0.39 is 0 Å². The Labute approximate surface area is 152 Å². The fourth-order valence-corrected chi connectivity index (χ4v) is 3.63. The van der Waals surface area contributed by atoms with Crippen LogP contribution >= 0.6 is 0 Å². The second-order valence-electron chi connectivity index (χ2n) is 6.72. The maximum absolute atomic E-state index is 12.3. The second-order valence-corrected chi connectivity index (χ2v) is 6.72. The summed E-state index contributed by atoms with van der Waals surface area (Å²) in [5.41, 5.74) is 2.92.